The molecule has 1 atom stereocenters. The lowest BCUT2D eigenvalue weighted by Crippen LogP contribution is -2.16. The van der Waals surface area contributed by atoms with Gasteiger partial charge in [0.25, 0.3) is 0 Å². The standard InChI is InChI=1S/C8H12N2O2/c1-5-2-3-10-8(5)6(9)4-7(11)12/h2-3,6,10H,4,9H2,1H3,(H,11,12)/t6-/m1/s1. The molecule has 0 bridgehead atoms. The van der Waals surface area contributed by atoms with Crippen molar-refractivity contribution < 1.29 is 9.90 Å². The summed E-state index contributed by atoms with van der Waals surface area (Å²) in [7, 11) is 0. The molecule has 0 aromatic carbocycles. The maximum atomic E-state index is 10.3. The molecule has 4 nitrogen and oxygen atoms in total. The monoisotopic (exact) mass is 168 g/mol. The van der Waals surface area contributed by atoms with Crippen LogP contribution in [0.15, 0.2) is 12.3 Å². The molecule has 0 aliphatic heterocycles. The Kier molecular flexibility index (Phi) is 2.50. The van der Waals surface area contributed by atoms with Gasteiger partial charge in [-0.2, -0.15) is 0 Å². The molecule has 0 aliphatic carbocycles. The molecule has 0 amide bonds. The third-order valence-electron chi connectivity index (χ3n) is 1.76. The lowest BCUT2D eigenvalue weighted by Gasteiger charge is -2.07. The van der Waals surface area contributed by atoms with E-state index in [4.69, 9.17) is 10.8 Å². The summed E-state index contributed by atoms with van der Waals surface area (Å²) in [6.07, 6.45) is 1.72. The SMILES string of the molecule is Cc1cc[nH]c1[C@H](N)CC(=O)O. The van der Waals surface area contributed by atoms with Crippen LogP contribution < -0.4 is 5.73 Å². The van der Waals surface area contributed by atoms with Crippen LogP contribution in [0, 0.1) is 6.92 Å². The van der Waals surface area contributed by atoms with Crippen LogP contribution in [0.2, 0.25) is 0 Å². The van der Waals surface area contributed by atoms with E-state index in [1.54, 1.807) is 6.20 Å². The number of carboxylic acid groups (broad SMARTS) is 1. The predicted octanol–water partition coefficient (Wildman–Crippen LogP) is 0.798. The second-order valence-electron chi connectivity index (χ2n) is 2.78. The molecule has 0 aliphatic rings. The largest absolute Gasteiger partial charge is 0.481 e. The molecule has 1 rings (SSSR count). The van der Waals surface area contributed by atoms with Crippen LogP contribution in [0.4, 0.5) is 0 Å². The third-order valence-corrected chi connectivity index (χ3v) is 1.76. The van der Waals surface area contributed by atoms with E-state index in [1.165, 1.54) is 0 Å². The van der Waals surface area contributed by atoms with E-state index in [9.17, 15) is 4.79 Å². The van der Waals surface area contributed by atoms with Gasteiger partial charge in [-0.05, 0) is 18.6 Å². The molecule has 0 radical (unpaired) electrons. The molecule has 66 valence electrons. The van der Waals surface area contributed by atoms with Crippen LogP contribution in [0.1, 0.15) is 23.7 Å². The Morgan fingerprint density at radius 3 is 2.92 bits per heavy atom. The third kappa shape index (κ3) is 1.85. The number of nitrogens with one attached hydrogen (secondary N) is 1. The van der Waals surface area contributed by atoms with Crippen molar-refractivity contribution in [1.82, 2.24) is 4.98 Å². The minimum Gasteiger partial charge on any atom is -0.481 e. The van der Waals surface area contributed by atoms with Crippen LogP contribution in [0.25, 0.3) is 0 Å². The van der Waals surface area contributed by atoms with Gasteiger partial charge in [0.1, 0.15) is 0 Å². The molecule has 0 spiro atoms. The van der Waals surface area contributed by atoms with Crippen molar-refractivity contribution in [2.45, 2.75) is 19.4 Å². The summed E-state index contributed by atoms with van der Waals surface area (Å²) in [4.78, 5) is 13.2. The predicted molar refractivity (Wildman–Crippen MR) is 44.7 cm³/mol. The van der Waals surface area contributed by atoms with Gasteiger partial charge in [-0.25, -0.2) is 0 Å². The second kappa shape index (κ2) is 3.40. The van der Waals surface area contributed by atoms with E-state index < -0.39 is 12.0 Å². The van der Waals surface area contributed by atoms with Crippen LogP contribution in [-0.2, 0) is 4.79 Å². The molecule has 12 heavy (non-hydrogen) atoms. The Bertz CT molecular complexity index is 280. The summed E-state index contributed by atoms with van der Waals surface area (Å²) in [6, 6.07) is 1.44. The maximum Gasteiger partial charge on any atom is 0.305 e. The smallest absolute Gasteiger partial charge is 0.305 e. The highest BCUT2D eigenvalue weighted by atomic mass is 16.4. The zero-order chi connectivity index (χ0) is 9.14. The van der Waals surface area contributed by atoms with Crippen LogP contribution >= 0.6 is 0 Å². The van der Waals surface area contributed by atoms with Gasteiger partial charge in [0.2, 0.25) is 0 Å². The number of aryl methyl sites for hydroxylation is 1. The molecular weight excluding hydrogens is 156 g/mol. The first-order valence-electron chi connectivity index (χ1n) is 3.72. The highest BCUT2D eigenvalue weighted by molar-refractivity contribution is 5.67. The van der Waals surface area contributed by atoms with Crippen molar-refractivity contribution in [1.29, 1.82) is 0 Å². The number of rotatable bonds is 3. The lowest BCUT2D eigenvalue weighted by molar-refractivity contribution is -0.137. The van der Waals surface area contributed by atoms with Gasteiger partial charge >= 0.3 is 5.97 Å². The summed E-state index contributed by atoms with van der Waals surface area (Å²) in [5.74, 6) is -0.878. The average Bonchev–Trinajstić information content (AvgIpc) is 2.33. The zero-order valence-electron chi connectivity index (χ0n) is 6.87. The fourth-order valence-electron chi connectivity index (χ4n) is 1.15. The Hall–Kier alpha value is -1.29. The minimum atomic E-state index is -0.878. The van der Waals surface area contributed by atoms with Crippen LogP contribution in [-0.4, -0.2) is 16.1 Å². The van der Waals surface area contributed by atoms with Gasteiger partial charge in [-0.3, -0.25) is 4.79 Å². The van der Waals surface area contributed by atoms with Crippen molar-refractivity contribution >= 4 is 5.97 Å². The summed E-state index contributed by atoms with van der Waals surface area (Å²) in [5, 5.41) is 8.48. The molecule has 1 aromatic heterocycles. The molecule has 4 N–H and O–H groups in total. The summed E-state index contributed by atoms with van der Waals surface area (Å²) in [5.41, 5.74) is 7.44. The Morgan fingerprint density at radius 1 is 1.83 bits per heavy atom. The van der Waals surface area contributed by atoms with Crippen LogP contribution in [0.3, 0.4) is 0 Å². The number of aliphatic carboxylic acids is 1. The Balaban J connectivity index is 2.71. The van der Waals surface area contributed by atoms with Gasteiger partial charge in [0.05, 0.1) is 12.5 Å². The second-order valence-corrected chi connectivity index (χ2v) is 2.78. The molecule has 0 unspecified atom stereocenters. The van der Waals surface area contributed by atoms with Gasteiger partial charge in [-0.15, -0.1) is 0 Å². The minimum absolute atomic E-state index is 0.0403. The molecule has 4 heteroatoms. The number of aromatic amines is 1. The zero-order valence-corrected chi connectivity index (χ0v) is 6.87. The van der Waals surface area contributed by atoms with E-state index >= 15 is 0 Å². The number of aromatic nitrogens is 1. The van der Waals surface area contributed by atoms with Crippen LogP contribution in [0.5, 0.6) is 0 Å². The summed E-state index contributed by atoms with van der Waals surface area (Å²) in [6.45, 7) is 1.90. The van der Waals surface area contributed by atoms with E-state index in [2.05, 4.69) is 4.98 Å². The number of hydrogen-bond acceptors (Lipinski definition) is 2. The Labute approximate surface area is 70.4 Å². The first kappa shape index (κ1) is 8.80. The maximum absolute atomic E-state index is 10.3. The Morgan fingerprint density at radius 2 is 2.50 bits per heavy atom. The quantitative estimate of drug-likeness (QED) is 0.624. The molecule has 0 saturated carbocycles. The van der Waals surface area contributed by atoms with Crippen molar-refractivity contribution in [2.75, 3.05) is 0 Å². The summed E-state index contributed by atoms with van der Waals surface area (Å²) >= 11 is 0. The summed E-state index contributed by atoms with van der Waals surface area (Å²) < 4.78 is 0. The first-order chi connectivity index (χ1) is 5.61. The number of nitrogens with two attached hydrogens (primary N) is 1. The topological polar surface area (TPSA) is 79.1 Å². The van der Waals surface area contributed by atoms with Crippen molar-refractivity contribution in [3.05, 3.63) is 23.5 Å². The van der Waals surface area contributed by atoms with Gasteiger partial charge in [0, 0.05) is 11.9 Å². The van der Waals surface area contributed by atoms with Crippen molar-refractivity contribution in [3.63, 3.8) is 0 Å². The van der Waals surface area contributed by atoms with Gasteiger partial charge in [-0.1, -0.05) is 0 Å². The number of carboxylic acids is 1. The molecular formula is C8H12N2O2. The molecule has 0 saturated heterocycles. The highest BCUT2D eigenvalue weighted by Crippen LogP contribution is 2.15. The van der Waals surface area contributed by atoms with Crippen molar-refractivity contribution in [3.8, 4) is 0 Å². The van der Waals surface area contributed by atoms with Gasteiger partial charge in [0.15, 0.2) is 0 Å². The molecule has 0 fully saturated rings. The van der Waals surface area contributed by atoms with Gasteiger partial charge < -0.3 is 15.8 Å². The normalized spacial score (nSPS) is 12.8. The van der Waals surface area contributed by atoms with E-state index in [-0.39, 0.29) is 6.42 Å². The first-order valence-corrected chi connectivity index (χ1v) is 3.72. The molecule has 1 heterocycles. The number of carbonyl (C=O) groups is 1. The van der Waals surface area contributed by atoms with E-state index in [0.717, 1.165) is 11.3 Å². The van der Waals surface area contributed by atoms with E-state index in [1.807, 2.05) is 13.0 Å². The average molecular weight is 168 g/mol. The lowest BCUT2D eigenvalue weighted by atomic mass is 10.1. The molecule has 1 aromatic rings. The number of hydrogen-bond donors (Lipinski definition) is 3. The fourth-order valence-corrected chi connectivity index (χ4v) is 1.15. The van der Waals surface area contributed by atoms with E-state index in [0.29, 0.717) is 0 Å². The van der Waals surface area contributed by atoms with Crippen molar-refractivity contribution in [2.24, 2.45) is 5.73 Å². The fraction of sp³-hybridized carbons (Fsp3) is 0.375. The number of H-pyrrole nitrogens is 1. The highest BCUT2D eigenvalue weighted by Gasteiger charge is 2.12.